The van der Waals surface area contributed by atoms with Crippen LogP contribution in [-0.2, 0) is 9.53 Å². The first-order chi connectivity index (χ1) is 13.1. The van der Waals surface area contributed by atoms with E-state index in [1.165, 1.54) is 18.4 Å². The van der Waals surface area contributed by atoms with Gasteiger partial charge < -0.3 is 15.4 Å². The quantitative estimate of drug-likeness (QED) is 0.395. The third kappa shape index (κ3) is 7.59. The molecular weight excluding hydrogens is 340 g/mol. The Kier molecular flexibility index (Phi) is 9.11. The van der Waals surface area contributed by atoms with Crippen LogP contribution >= 0.6 is 0 Å². The fourth-order valence-electron chi connectivity index (χ4n) is 3.28. The molecule has 1 atom stereocenters. The van der Waals surface area contributed by atoms with Crippen molar-refractivity contribution in [3.63, 3.8) is 0 Å². The second-order valence-electron chi connectivity index (χ2n) is 7.10. The number of aliphatic imine (C=N–C) groups is 1. The van der Waals surface area contributed by atoms with Crippen LogP contribution in [0.2, 0.25) is 0 Å². The Morgan fingerprint density at radius 1 is 1.19 bits per heavy atom. The summed E-state index contributed by atoms with van der Waals surface area (Å²) in [5.74, 6) is 0.558. The maximum absolute atomic E-state index is 11.7. The summed E-state index contributed by atoms with van der Waals surface area (Å²) >= 11 is 0. The van der Waals surface area contributed by atoms with Crippen LogP contribution in [0, 0.1) is 0 Å². The Balaban J connectivity index is 1.96. The van der Waals surface area contributed by atoms with Crippen molar-refractivity contribution in [2.24, 2.45) is 4.99 Å². The number of carbonyl (C=O) groups is 1. The van der Waals surface area contributed by atoms with E-state index in [0.29, 0.717) is 19.5 Å². The predicted octanol–water partition coefficient (Wildman–Crippen LogP) is 2.72. The van der Waals surface area contributed by atoms with E-state index in [-0.39, 0.29) is 18.1 Å². The number of nitrogens with zero attached hydrogens (tertiary/aromatic N) is 2. The van der Waals surface area contributed by atoms with Crippen LogP contribution < -0.4 is 10.6 Å². The topological polar surface area (TPSA) is 66.0 Å². The molecule has 6 heteroatoms. The lowest BCUT2D eigenvalue weighted by Gasteiger charge is -2.27. The highest BCUT2D eigenvalue weighted by Gasteiger charge is 2.23. The minimum absolute atomic E-state index is 0.0773. The molecule has 1 fully saturated rings. The lowest BCUT2D eigenvalue weighted by atomic mass is 10.1. The summed E-state index contributed by atoms with van der Waals surface area (Å²) in [5.41, 5.74) is 1.31. The second kappa shape index (κ2) is 11.6. The zero-order valence-electron chi connectivity index (χ0n) is 16.9. The standard InChI is InChI=1S/C21H34N4O2/c1-4-22-21(23-13-12-20(26)27-17(2)3)24-16-19(25-14-8-9-15-25)18-10-6-5-7-11-18/h5-7,10-11,17,19H,4,8-9,12-16H2,1-3H3,(H2,22,23,24). The summed E-state index contributed by atoms with van der Waals surface area (Å²) < 4.78 is 5.17. The minimum atomic E-state index is -0.187. The fourth-order valence-corrected chi connectivity index (χ4v) is 3.28. The van der Waals surface area contributed by atoms with Crippen molar-refractivity contribution in [3.05, 3.63) is 35.9 Å². The number of carbonyl (C=O) groups excluding carboxylic acids is 1. The molecule has 2 N–H and O–H groups in total. The molecule has 1 aliphatic heterocycles. The maximum atomic E-state index is 11.7. The Morgan fingerprint density at radius 3 is 2.52 bits per heavy atom. The van der Waals surface area contributed by atoms with Gasteiger partial charge in [-0.1, -0.05) is 30.3 Å². The first-order valence-electron chi connectivity index (χ1n) is 10.1. The van der Waals surface area contributed by atoms with Crippen molar-refractivity contribution in [2.45, 2.75) is 52.2 Å². The van der Waals surface area contributed by atoms with E-state index in [1.54, 1.807) is 0 Å². The summed E-state index contributed by atoms with van der Waals surface area (Å²) in [7, 11) is 0. The number of nitrogens with one attached hydrogen (secondary N) is 2. The number of ether oxygens (including phenoxy) is 1. The molecule has 1 heterocycles. The van der Waals surface area contributed by atoms with Crippen LogP contribution in [0.1, 0.15) is 51.6 Å². The van der Waals surface area contributed by atoms with Crippen LogP contribution in [0.3, 0.4) is 0 Å². The molecule has 6 nitrogen and oxygen atoms in total. The van der Waals surface area contributed by atoms with E-state index in [9.17, 15) is 4.79 Å². The van der Waals surface area contributed by atoms with Crippen molar-refractivity contribution in [2.75, 3.05) is 32.7 Å². The number of guanidine groups is 1. The molecule has 1 aliphatic rings. The van der Waals surface area contributed by atoms with Crippen molar-refractivity contribution in [1.82, 2.24) is 15.5 Å². The highest BCUT2D eigenvalue weighted by Crippen LogP contribution is 2.25. The van der Waals surface area contributed by atoms with Gasteiger partial charge in [0.05, 0.1) is 25.1 Å². The van der Waals surface area contributed by atoms with E-state index < -0.39 is 0 Å². The summed E-state index contributed by atoms with van der Waals surface area (Å²) in [5, 5.41) is 6.50. The summed E-state index contributed by atoms with van der Waals surface area (Å²) in [6, 6.07) is 10.9. The van der Waals surface area contributed by atoms with Gasteiger partial charge in [-0.25, -0.2) is 0 Å². The van der Waals surface area contributed by atoms with E-state index in [2.05, 4.69) is 45.9 Å². The average Bonchev–Trinajstić information content (AvgIpc) is 3.16. The van der Waals surface area contributed by atoms with Crippen LogP contribution in [0.4, 0.5) is 0 Å². The number of hydrogen-bond acceptors (Lipinski definition) is 4. The molecule has 0 radical (unpaired) electrons. The predicted molar refractivity (Wildman–Crippen MR) is 110 cm³/mol. The third-order valence-corrected chi connectivity index (χ3v) is 4.52. The molecule has 0 aliphatic carbocycles. The molecule has 0 amide bonds. The number of esters is 1. The minimum Gasteiger partial charge on any atom is -0.463 e. The smallest absolute Gasteiger partial charge is 0.307 e. The zero-order chi connectivity index (χ0) is 19.5. The van der Waals surface area contributed by atoms with Crippen molar-refractivity contribution >= 4 is 11.9 Å². The fraction of sp³-hybridized carbons (Fsp3) is 0.619. The highest BCUT2D eigenvalue weighted by molar-refractivity contribution is 5.80. The van der Waals surface area contributed by atoms with Gasteiger partial charge >= 0.3 is 5.97 Å². The van der Waals surface area contributed by atoms with Crippen LogP contribution in [-0.4, -0.2) is 55.7 Å². The third-order valence-electron chi connectivity index (χ3n) is 4.52. The van der Waals surface area contributed by atoms with Gasteiger partial charge in [0, 0.05) is 13.1 Å². The average molecular weight is 375 g/mol. The Bertz CT molecular complexity index is 583. The Hall–Kier alpha value is -2.08. The summed E-state index contributed by atoms with van der Waals surface area (Å²) in [6.45, 7) is 9.99. The Morgan fingerprint density at radius 2 is 1.89 bits per heavy atom. The van der Waals surface area contributed by atoms with Gasteiger partial charge in [0.25, 0.3) is 0 Å². The largest absolute Gasteiger partial charge is 0.463 e. The molecule has 1 saturated heterocycles. The lowest BCUT2D eigenvalue weighted by Crippen LogP contribution is -2.39. The van der Waals surface area contributed by atoms with Gasteiger partial charge in [-0.15, -0.1) is 0 Å². The molecule has 1 aromatic rings. The molecule has 2 rings (SSSR count). The van der Waals surface area contributed by atoms with Crippen LogP contribution in [0.15, 0.2) is 35.3 Å². The van der Waals surface area contributed by atoms with Crippen LogP contribution in [0.5, 0.6) is 0 Å². The van der Waals surface area contributed by atoms with Gasteiger partial charge in [0.2, 0.25) is 0 Å². The first kappa shape index (κ1) is 21.2. The molecule has 0 saturated carbocycles. The van der Waals surface area contributed by atoms with E-state index in [0.717, 1.165) is 25.6 Å². The normalized spacial score (nSPS) is 16.4. The number of likely N-dealkylation sites (tertiary alicyclic amines) is 1. The van der Waals surface area contributed by atoms with E-state index in [4.69, 9.17) is 9.73 Å². The summed E-state index contributed by atoms with van der Waals surface area (Å²) in [4.78, 5) is 19.0. The van der Waals surface area contributed by atoms with E-state index in [1.807, 2.05) is 20.8 Å². The van der Waals surface area contributed by atoms with Gasteiger partial charge in [-0.05, 0) is 52.3 Å². The number of rotatable bonds is 9. The van der Waals surface area contributed by atoms with Crippen LogP contribution in [0.25, 0.3) is 0 Å². The van der Waals surface area contributed by atoms with Gasteiger partial charge in [0.1, 0.15) is 0 Å². The SMILES string of the molecule is CCNC(=NCC(c1ccccc1)N1CCCC1)NCCC(=O)OC(C)C. The molecule has 27 heavy (non-hydrogen) atoms. The molecule has 0 spiro atoms. The van der Waals surface area contributed by atoms with Crippen molar-refractivity contribution in [3.8, 4) is 0 Å². The maximum Gasteiger partial charge on any atom is 0.307 e. The summed E-state index contributed by atoms with van der Waals surface area (Å²) in [6.07, 6.45) is 2.76. The van der Waals surface area contributed by atoms with Gasteiger partial charge in [0.15, 0.2) is 5.96 Å². The molecule has 0 aromatic heterocycles. The molecular formula is C21H34N4O2. The molecule has 150 valence electrons. The number of benzene rings is 1. The van der Waals surface area contributed by atoms with Gasteiger partial charge in [-0.3, -0.25) is 14.7 Å². The zero-order valence-corrected chi connectivity index (χ0v) is 16.9. The first-order valence-corrected chi connectivity index (χ1v) is 10.1. The van der Waals surface area contributed by atoms with Crippen molar-refractivity contribution < 1.29 is 9.53 Å². The molecule has 0 bridgehead atoms. The Labute approximate surface area is 163 Å². The van der Waals surface area contributed by atoms with Gasteiger partial charge in [-0.2, -0.15) is 0 Å². The monoisotopic (exact) mass is 374 g/mol. The molecule has 1 aromatic carbocycles. The number of hydrogen-bond donors (Lipinski definition) is 2. The molecule has 1 unspecified atom stereocenters. The highest BCUT2D eigenvalue weighted by atomic mass is 16.5. The van der Waals surface area contributed by atoms with Crippen molar-refractivity contribution in [1.29, 1.82) is 0 Å². The second-order valence-corrected chi connectivity index (χ2v) is 7.10. The lowest BCUT2D eigenvalue weighted by molar-refractivity contribution is -0.147. The van der Waals surface area contributed by atoms with E-state index >= 15 is 0 Å².